The van der Waals surface area contributed by atoms with E-state index in [0.717, 1.165) is 0 Å². The maximum Gasteiger partial charge on any atom is 0.319 e. The molecule has 17 nitrogen and oxygen atoms in total. The van der Waals surface area contributed by atoms with Gasteiger partial charge in [-0.2, -0.15) is 0 Å². The van der Waals surface area contributed by atoms with E-state index < -0.39 is 96.9 Å². The molecule has 6 N–H and O–H groups in total. The van der Waals surface area contributed by atoms with Crippen LogP contribution >= 0.6 is 16.5 Å². The number of aliphatic hydroxyl groups is 6. The average molecular weight is 933 g/mol. The van der Waals surface area contributed by atoms with Gasteiger partial charge in [0, 0.05) is 90.5 Å². The molecule has 2 fully saturated rings. The molecule has 12 unspecified atom stereocenters. The second-order valence-corrected chi connectivity index (χ2v) is 14.8. The van der Waals surface area contributed by atoms with Crippen LogP contribution in [0.25, 0.3) is 0 Å². The second-order valence-electron chi connectivity index (χ2n) is 12.6. The second kappa shape index (κ2) is 30.2. The molecule has 0 saturated carbocycles. The summed E-state index contributed by atoms with van der Waals surface area (Å²) in [5, 5.41) is 58.7. The summed E-state index contributed by atoms with van der Waals surface area (Å²) in [7, 11) is -5.61. The summed E-state index contributed by atoms with van der Waals surface area (Å²) in [4.78, 5) is 0. The molecule has 2 heterocycles. The number of ether oxygens (including phenoxy) is 5. The number of hydrogen-bond acceptors (Lipinski definition) is 17. The van der Waals surface area contributed by atoms with Crippen LogP contribution < -0.4 is 0 Å². The first-order chi connectivity index (χ1) is 23.4. The SMILES string of the molecule is CC(C)OC(CO[PH](=O)OCCCCCOC1OC(CO)C(O)C(O)C1C)CO[PH](=O)OCCCCCOC1OC(CO)C(O)C(O)C1C.[Y].[Y]. The average Bonchev–Trinajstić information content (AvgIpc) is 3.08. The van der Waals surface area contributed by atoms with E-state index in [-0.39, 0.29) is 97.9 Å². The summed E-state index contributed by atoms with van der Waals surface area (Å²) in [5.74, 6) is -0.918. The fourth-order valence-electron chi connectivity index (χ4n) is 5.21. The van der Waals surface area contributed by atoms with Crippen LogP contribution in [0, 0.1) is 11.8 Å². The van der Waals surface area contributed by atoms with Crippen LogP contribution in [0.2, 0.25) is 0 Å². The summed E-state index contributed by atoms with van der Waals surface area (Å²) >= 11 is 0. The van der Waals surface area contributed by atoms with Gasteiger partial charge in [-0.15, -0.1) is 0 Å². The van der Waals surface area contributed by atoms with Crippen molar-refractivity contribution in [2.75, 3.05) is 52.9 Å². The first-order valence-corrected chi connectivity index (χ1v) is 19.6. The van der Waals surface area contributed by atoms with E-state index in [0.29, 0.717) is 51.7 Å². The van der Waals surface area contributed by atoms with Crippen LogP contribution in [-0.4, -0.2) is 145 Å². The minimum atomic E-state index is -2.80. The topological polar surface area (TPSA) is 239 Å². The molecule has 0 amide bonds. The van der Waals surface area contributed by atoms with Gasteiger partial charge in [-0.05, 0) is 52.4 Å². The minimum absolute atomic E-state index is 0. The van der Waals surface area contributed by atoms with Crippen molar-refractivity contribution >= 4 is 16.5 Å². The quantitative estimate of drug-likeness (QED) is 0.0527. The van der Waals surface area contributed by atoms with E-state index in [4.69, 9.17) is 41.8 Å². The standard InChI is InChI=1S/C30H60O17P2.2Y/c1-19(2)45-22(17-43-48(37)41-13-9-5-7-11-39-29-20(3)25(33)27(35)23(15-31)46-29)18-44-49(38)42-14-10-6-8-12-40-30-21(4)26(34)28(36)24(16-32)47-30;;/h19-36,48-49H,5-18H2,1-4H3;;. The zero-order valence-electron chi connectivity index (χ0n) is 30.2. The monoisotopic (exact) mass is 932 g/mol. The van der Waals surface area contributed by atoms with Crippen molar-refractivity contribution in [2.45, 2.75) is 128 Å². The van der Waals surface area contributed by atoms with Crippen molar-refractivity contribution in [1.29, 1.82) is 0 Å². The summed E-state index contributed by atoms with van der Waals surface area (Å²) < 4.78 is 73.8. The molecule has 0 spiro atoms. The molecule has 2 saturated heterocycles. The van der Waals surface area contributed by atoms with E-state index >= 15 is 0 Å². The Balaban J connectivity index is 0.0000125. The van der Waals surface area contributed by atoms with Gasteiger partial charge in [-0.1, -0.05) is 13.8 Å². The molecule has 0 aromatic rings. The van der Waals surface area contributed by atoms with Gasteiger partial charge in [0.05, 0.1) is 58.0 Å². The molecule has 0 aromatic carbocycles. The number of hydrogen-bond donors (Lipinski definition) is 6. The molecule has 21 heteroatoms. The van der Waals surface area contributed by atoms with Gasteiger partial charge in [0.2, 0.25) is 0 Å². The van der Waals surface area contributed by atoms with Crippen molar-refractivity contribution in [1.82, 2.24) is 0 Å². The first kappa shape index (κ1) is 53.1. The van der Waals surface area contributed by atoms with Crippen LogP contribution in [0.4, 0.5) is 0 Å². The van der Waals surface area contributed by atoms with Crippen LogP contribution in [-0.2, 0) is 116 Å². The summed E-state index contributed by atoms with van der Waals surface area (Å²) in [6.07, 6.45) is -4.70. The van der Waals surface area contributed by atoms with Gasteiger partial charge in [-0.3, -0.25) is 9.13 Å². The molecular weight excluding hydrogens is 872 g/mol. The van der Waals surface area contributed by atoms with Crippen molar-refractivity contribution in [2.24, 2.45) is 11.8 Å². The smallest absolute Gasteiger partial charge is 0.319 e. The fourth-order valence-corrected chi connectivity index (χ4v) is 6.64. The van der Waals surface area contributed by atoms with Crippen LogP contribution in [0.1, 0.15) is 66.2 Å². The molecule has 2 aliphatic rings. The molecule has 2 aliphatic heterocycles. The van der Waals surface area contributed by atoms with E-state index in [1.807, 2.05) is 13.8 Å². The largest absolute Gasteiger partial charge is 0.394 e. The third-order valence-corrected chi connectivity index (χ3v) is 9.88. The van der Waals surface area contributed by atoms with Crippen LogP contribution in [0.5, 0.6) is 0 Å². The Morgan fingerprint density at radius 3 is 1.31 bits per heavy atom. The van der Waals surface area contributed by atoms with Crippen molar-refractivity contribution in [3.63, 3.8) is 0 Å². The van der Waals surface area contributed by atoms with E-state index in [1.54, 1.807) is 13.8 Å². The van der Waals surface area contributed by atoms with E-state index in [2.05, 4.69) is 0 Å². The molecule has 12 atom stereocenters. The minimum Gasteiger partial charge on any atom is -0.394 e. The number of unbranched alkanes of at least 4 members (excludes halogenated alkanes) is 4. The zero-order valence-corrected chi connectivity index (χ0v) is 37.8. The Morgan fingerprint density at radius 2 is 0.961 bits per heavy atom. The Bertz CT molecular complexity index is 862. The van der Waals surface area contributed by atoms with Gasteiger partial charge in [0.15, 0.2) is 12.6 Å². The molecule has 0 aromatic heterocycles. The predicted octanol–water partition coefficient (Wildman–Crippen LogP) is 1.14. The van der Waals surface area contributed by atoms with Gasteiger partial charge >= 0.3 is 16.5 Å². The van der Waals surface area contributed by atoms with Crippen molar-refractivity contribution in [3.05, 3.63) is 0 Å². The van der Waals surface area contributed by atoms with Gasteiger partial charge in [0.25, 0.3) is 0 Å². The molecule has 2 rings (SSSR count). The van der Waals surface area contributed by atoms with Gasteiger partial charge in [-0.25, -0.2) is 0 Å². The molecule has 0 aliphatic carbocycles. The maximum absolute atomic E-state index is 12.2. The molecular formula is C30H60O17P2Y2. The molecule has 298 valence electrons. The Kier molecular flexibility index (Phi) is 31.4. The van der Waals surface area contributed by atoms with Gasteiger partial charge in [0.1, 0.15) is 30.5 Å². The zero-order chi connectivity index (χ0) is 36.3. The molecule has 2 radical (unpaired) electrons. The van der Waals surface area contributed by atoms with Crippen molar-refractivity contribution in [3.8, 4) is 0 Å². The van der Waals surface area contributed by atoms with E-state index in [1.165, 1.54) is 0 Å². The summed E-state index contributed by atoms with van der Waals surface area (Å²) in [5.41, 5.74) is 0. The Labute approximate surface area is 353 Å². The first-order valence-electron chi connectivity index (χ1n) is 17.1. The molecule has 51 heavy (non-hydrogen) atoms. The fraction of sp³-hybridized carbons (Fsp3) is 1.00. The predicted molar refractivity (Wildman–Crippen MR) is 175 cm³/mol. The third-order valence-electron chi connectivity index (χ3n) is 8.20. The number of aliphatic hydroxyl groups excluding tert-OH is 6. The maximum atomic E-state index is 12.2. The summed E-state index contributed by atoms with van der Waals surface area (Å²) in [6, 6.07) is 0. The van der Waals surface area contributed by atoms with E-state index in [9.17, 15) is 39.8 Å². The van der Waals surface area contributed by atoms with Crippen LogP contribution in [0.3, 0.4) is 0 Å². The number of rotatable bonds is 26. The molecule has 0 bridgehead atoms. The van der Waals surface area contributed by atoms with Crippen molar-refractivity contribution < 1.29 is 147 Å². The van der Waals surface area contributed by atoms with Crippen LogP contribution in [0.15, 0.2) is 0 Å². The summed E-state index contributed by atoms with van der Waals surface area (Å²) in [6.45, 7) is 7.06. The Hall–Kier alpha value is 2.07. The normalized spacial score (nSPS) is 31.4. The third kappa shape index (κ3) is 20.4. The Morgan fingerprint density at radius 1 is 0.588 bits per heavy atom. The van der Waals surface area contributed by atoms with Gasteiger partial charge < -0.3 is 72.4 Å².